The van der Waals surface area contributed by atoms with E-state index in [0.29, 0.717) is 28.2 Å². The average Bonchev–Trinajstić information content (AvgIpc) is 3.02. The predicted molar refractivity (Wildman–Crippen MR) is 186 cm³/mol. The molecule has 1 unspecified atom stereocenters. The molecule has 3 heterocycles. The number of anilines is 6. The molecule has 2 N–H and O–H groups in total. The highest BCUT2D eigenvalue weighted by Gasteiger charge is 2.39. The standard InChI is InChI=1S/C33H44ClN7O4S/c1-32(2,3)45-31(42)41-19-15-33(16-20-41)13-17-40(18-14-33)23-11-12-26(28(21-23)44-5)37-30-35-22-24(34)29(38-30)36-25-9-7-8-10-27(25)39(4)46(6)43/h7-12,21-22H,13-20H2,1-6H3,(H2,35,36,37,38). The SMILES string of the molecule is COc1cc(N2CCC3(CCN(C(=O)OC(C)(C)C)CC3)CC2)ccc1Nc1ncc(Cl)c(Nc2ccccc2N(C)S(C)=O)n1. The average molecular weight is 670 g/mol. The summed E-state index contributed by atoms with van der Waals surface area (Å²) in [5, 5.41) is 6.88. The Bertz CT molecular complexity index is 1570. The van der Waals surface area contributed by atoms with E-state index in [1.54, 1.807) is 24.7 Å². The van der Waals surface area contributed by atoms with E-state index < -0.39 is 16.6 Å². The van der Waals surface area contributed by atoms with E-state index in [1.807, 2.05) is 62.1 Å². The van der Waals surface area contributed by atoms with E-state index in [0.717, 1.165) is 68.9 Å². The van der Waals surface area contributed by atoms with Crippen LogP contribution in [-0.2, 0) is 15.7 Å². The van der Waals surface area contributed by atoms with Crippen molar-refractivity contribution in [1.82, 2.24) is 14.9 Å². The first-order valence-corrected chi connectivity index (χ1v) is 17.4. The van der Waals surface area contributed by atoms with Gasteiger partial charge in [0.1, 0.15) is 27.4 Å². The number of methoxy groups -OCH3 is 1. The number of carbonyl (C=O) groups is 1. The van der Waals surface area contributed by atoms with E-state index in [2.05, 4.69) is 31.6 Å². The van der Waals surface area contributed by atoms with Gasteiger partial charge in [0.05, 0.1) is 30.4 Å². The molecule has 0 bridgehead atoms. The third-order valence-corrected chi connectivity index (χ3v) is 9.97. The van der Waals surface area contributed by atoms with Gasteiger partial charge in [0.15, 0.2) is 5.82 Å². The van der Waals surface area contributed by atoms with Gasteiger partial charge in [-0.2, -0.15) is 4.98 Å². The Morgan fingerprint density at radius 3 is 2.35 bits per heavy atom. The molecular formula is C33H44ClN7O4S. The van der Waals surface area contributed by atoms with E-state index in [-0.39, 0.29) is 11.5 Å². The van der Waals surface area contributed by atoms with E-state index in [4.69, 9.17) is 21.1 Å². The second-order valence-electron chi connectivity index (χ2n) is 12.9. The van der Waals surface area contributed by atoms with Crippen molar-refractivity contribution in [1.29, 1.82) is 0 Å². The third-order valence-electron chi connectivity index (χ3n) is 8.72. The van der Waals surface area contributed by atoms with Gasteiger partial charge in [-0.25, -0.2) is 14.0 Å². The Hall–Kier alpha value is -3.77. The molecule has 1 atom stereocenters. The van der Waals surface area contributed by atoms with E-state index >= 15 is 0 Å². The summed E-state index contributed by atoms with van der Waals surface area (Å²) >= 11 is 6.46. The van der Waals surface area contributed by atoms with Crippen LogP contribution in [0.5, 0.6) is 5.75 Å². The number of hydrogen-bond donors (Lipinski definition) is 2. The zero-order valence-electron chi connectivity index (χ0n) is 27.4. The maximum absolute atomic E-state index is 12.5. The van der Waals surface area contributed by atoms with Crippen molar-refractivity contribution in [3.8, 4) is 5.75 Å². The van der Waals surface area contributed by atoms with Crippen molar-refractivity contribution in [2.75, 3.05) is 66.4 Å². The molecule has 2 fully saturated rings. The first-order valence-electron chi connectivity index (χ1n) is 15.5. The number of piperidine rings is 2. The van der Waals surface area contributed by atoms with Gasteiger partial charge in [0, 0.05) is 51.2 Å². The summed E-state index contributed by atoms with van der Waals surface area (Å²) < 4.78 is 25.1. The van der Waals surface area contributed by atoms with E-state index in [9.17, 15) is 9.00 Å². The van der Waals surface area contributed by atoms with Crippen LogP contribution in [-0.4, -0.2) is 77.4 Å². The number of ether oxygens (including phenoxy) is 2. The molecule has 13 heteroatoms. The van der Waals surface area contributed by atoms with Crippen LogP contribution >= 0.6 is 11.6 Å². The zero-order chi connectivity index (χ0) is 33.1. The van der Waals surface area contributed by atoms with Crippen LogP contribution in [0.2, 0.25) is 5.02 Å². The maximum atomic E-state index is 12.5. The predicted octanol–water partition coefficient (Wildman–Crippen LogP) is 6.97. The molecule has 0 saturated carbocycles. The maximum Gasteiger partial charge on any atom is 0.410 e. The second-order valence-corrected chi connectivity index (χ2v) is 14.7. The van der Waals surface area contributed by atoms with E-state index in [1.165, 1.54) is 6.20 Å². The van der Waals surface area contributed by atoms with Crippen molar-refractivity contribution in [3.05, 3.63) is 53.7 Å². The summed E-state index contributed by atoms with van der Waals surface area (Å²) in [6.45, 7) is 9.10. The number of carbonyl (C=O) groups excluding carboxylic acids is 1. The van der Waals surface area contributed by atoms with Crippen molar-refractivity contribution >= 4 is 63.2 Å². The zero-order valence-corrected chi connectivity index (χ0v) is 29.0. The summed E-state index contributed by atoms with van der Waals surface area (Å²) in [4.78, 5) is 25.8. The van der Waals surface area contributed by atoms with Crippen LogP contribution in [0, 0.1) is 5.41 Å². The lowest BCUT2D eigenvalue weighted by atomic mass is 9.71. The van der Waals surface area contributed by atoms with Gasteiger partial charge in [-0.3, -0.25) is 4.31 Å². The summed E-state index contributed by atoms with van der Waals surface area (Å²) in [6, 6.07) is 13.6. The molecule has 2 aromatic carbocycles. The van der Waals surface area contributed by atoms with Crippen LogP contribution in [0.4, 0.5) is 39.3 Å². The quantitative estimate of drug-likeness (QED) is 0.263. The first kappa shape index (κ1) is 33.6. The molecule has 46 heavy (non-hydrogen) atoms. The number of nitrogens with zero attached hydrogens (tertiary/aromatic N) is 5. The molecular weight excluding hydrogens is 626 g/mol. The van der Waals surface area contributed by atoms with Gasteiger partial charge >= 0.3 is 6.09 Å². The molecule has 11 nitrogen and oxygen atoms in total. The highest BCUT2D eigenvalue weighted by Crippen LogP contribution is 2.43. The molecule has 2 saturated heterocycles. The minimum atomic E-state index is -1.20. The van der Waals surface area contributed by atoms with Gasteiger partial charge in [-0.1, -0.05) is 23.7 Å². The van der Waals surface area contributed by atoms with Crippen LogP contribution < -0.4 is 24.6 Å². The fourth-order valence-corrected chi connectivity index (χ4v) is 6.54. The van der Waals surface area contributed by atoms with Gasteiger partial charge in [0.25, 0.3) is 0 Å². The van der Waals surface area contributed by atoms with Crippen LogP contribution in [0.3, 0.4) is 0 Å². The van der Waals surface area contributed by atoms with Gasteiger partial charge < -0.3 is 29.9 Å². The minimum Gasteiger partial charge on any atom is -0.494 e. The van der Waals surface area contributed by atoms with Crippen LogP contribution in [0.25, 0.3) is 0 Å². The largest absolute Gasteiger partial charge is 0.494 e. The lowest BCUT2D eigenvalue weighted by molar-refractivity contribution is 0.00666. The Morgan fingerprint density at radius 1 is 1.02 bits per heavy atom. The number of halogens is 1. The Morgan fingerprint density at radius 2 is 1.70 bits per heavy atom. The molecule has 5 rings (SSSR count). The van der Waals surface area contributed by atoms with Gasteiger partial charge in [-0.05, 0) is 76.1 Å². The number of hydrogen-bond acceptors (Lipinski definition) is 9. The number of para-hydroxylation sites is 2. The first-order chi connectivity index (χ1) is 21.9. The molecule has 248 valence electrons. The minimum absolute atomic E-state index is 0.207. The Kier molecular flexibility index (Phi) is 10.2. The Balaban J connectivity index is 1.23. The van der Waals surface area contributed by atoms with Crippen LogP contribution in [0.15, 0.2) is 48.7 Å². The molecule has 0 radical (unpaired) electrons. The Labute approximate surface area is 279 Å². The summed E-state index contributed by atoms with van der Waals surface area (Å²) in [7, 11) is 2.21. The molecule has 1 amide bonds. The summed E-state index contributed by atoms with van der Waals surface area (Å²) in [5.41, 5.74) is 3.07. The van der Waals surface area contributed by atoms with Crippen molar-refractivity contribution < 1.29 is 18.5 Å². The lowest BCUT2D eigenvalue weighted by Crippen LogP contribution is -2.49. The smallest absolute Gasteiger partial charge is 0.410 e. The van der Waals surface area contributed by atoms with Crippen molar-refractivity contribution in [2.24, 2.45) is 5.41 Å². The summed E-state index contributed by atoms with van der Waals surface area (Å²) in [5.74, 6) is 1.44. The number of benzene rings is 2. The molecule has 1 aromatic heterocycles. The fraction of sp³-hybridized carbons (Fsp3) is 0.485. The third kappa shape index (κ3) is 7.95. The monoisotopic (exact) mass is 669 g/mol. The molecule has 2 aliphatic rings. The number of likely N-dealkylation sites (tertiary alicyclic amines) is 1. The molecule has 2 aliphatic heterocycles. The molecule has 1 spiro atoms. The molecule has 0 aliphatic carbocycles. The lowest BCUT2D eigenvalue weighted by Gasteiger charge is -2.47. The highest BCUT2D eigenvalue weighted by atomic mass is 35.5. The van der Waals surface area contributed by atoms with Crippen molar-refractivity contribution in [2.45, 2.75) is 52.1 Å². The normalized spacial score (nSPS) is 16.9. The fourth-order valence-electron chi connectivity index (χ4n) is 5.96. The van der Waals surface area contributed by atoms with Crippen molar-refractivity contribution in [3.63, 3.8) is 0 Å². The number of amides is 1. The highest BCUT2D eigenvalue weighted by molar-refractivity contribution is 7.85. The number of rotatable bonds is 8. The van der Waals surface area contributed by atoms with Crippen LogP contribution in [0.1, 0.15) is 46.5 Å². The molecule has 3 aromatic rings. The topological polar surface area (TPSA) is 112 Å². The number of nitrogens with one attached hydrogen (secondary N) is 2. The second kappa shape index (κ2) is 13.9. The number of aromatic nitrogens is 2. The van der Waals surface area contributed by atoms with Gasteiger partial charge in [-0.15, -0.1) is 0 Å². The summed E-state index contributed by atoms with van der Waals surface area (Å²) in [6.07, 6.45) is 7.12. The van der Waals surface area contributed by atoms with Gasteiger partial charge in [0.2, 0.25) is 5.95 Å².